The number of aliphatic hydroxyl groups is 1. The minimum atomic E-state index is -0.924. The minimum Gasteiger partial charge on any atom is -0.389 e. The van der Waals surface area contributed by atoms with Gasteiger partial charge < -0.3 is 5.11 Å². The molecule has 4 heteroatoms. The Morgan fingerprint density at radius 1 is 1.30 bits per heavy atom. The Balaban J connectivity index is 2.12. The van der Waals surface area contributed by atoms with Gasteiger partial charge in [-0.25, -0.2) is 4.39 Å². The number of nitrogens with zero attached hydrogens (tertiary/aromatic N) is 2. The smallest absolute Gasteiger partial charge is 0.123 e. The fourth-order valence-electron chi connectivity index (χ4n) is 2.45. The monoisotopic (exact) mass is 276 g/mol. The summed E-state index contributed by atoms with van der Waals surface area (Å²) in [4.78, 5) is 0. The molecule has 2 aromatic rings. The Kier molecular flexibility index (Phi) is 4.23. The van der Waals surface area contributed by atoms with Crippen LogP contribution in [0.4, 0.5) is 4.39 Å². The number of aromatic nitrogens is 2. The Morgan fingerprint density at radius 3 is 2.65 bits per heavy atom. The highest BCUT2D eigenvalue weighted by atomic mass is 19.1. The maximum atomic E-state index is 13.2. The van der Waals surface area contributed by atoms with Crippen LogP contribution >= 0.6 is 0 Å². The Morgan fingerprint density at radius 2 is 2.05 bits per heavy atom. The summed E-state index contributed by atoms with van der Waals surface area (Å²) in [6.07, 6.45) is 1.78. The molecule has 0 spiro atoms. The summed E-state index contributed by atoms with van der Waals surface area (Å²) in [6, 6.07) is 8.39. The van der Waals surface area contributed by atoms with E-state index in [0.29, 0.717) is 12.8 Å². The van der Waals surface area contributed by atoms with Crippen LogP contribution in [-0.2, 0) is 26.3 Å². The molecule has 1 atom stereocenters. The van der Waals surface area contributed by atoms with Gasteiger partial charge in [0.15, 0.2) is 0 Å². The van der Waals surface area contributed by atoms with Crippen LogP contribution in [0.3, 0.4) is 0 Å². The number of benzene rings is 1. The zero-order valence-corrected chi connectivity index (χ0v) is 12.2. The largest absolute Gasteiger partial charge is 0.389 e. The first-order valence-electron chi connectivity index (χ1n) is 6.88. The van der Waals surface area contributed by atoms with E-state index < -0.39 is 5.60 Å². The van der Waals surface area contributed by atoms with E-state index in [0.717, 1.165) is 23.4 Å². The molecule has 0 aliphatic rings. The summed E-state index contributed by atoms with van der Waals surface area (Å²) in [6.45, 7) is 3.83. The van der Waals surface area contributed by atoms with Gasteiger partial charge in [-0.1, -0.05) is 19.1 Å². The van der Waals surface area contributed by atoms with Gasteiger partial charge in [0.05, 0.1) is 11.3 Å². The number of rotatable bonds is 5. The van der Waals surface area contributed by atoms with E-state index in [9.17, 15) is 9.50 Å². The average Bonchev–Trinajstić information content (AvgIpc) is 2.69. The topological polar surface area (TPSA) is 38.0 Å². The zero-order valence-electron chi connectivity index (χ0n) is 12.2. The molecule has 0 saturated carbocycles. The van der Waals surface area contributed by atoms with Crippen molar-refractivity contribution >= 4 is 0 Å². The first-order chi connectivity index (χ1) is 9.39. The van der Waals surface area contributed by atoms with Gasteiger partial charge in [-0.2, -0.15) is 5.10 Å². The molecule has 0 aliphatic heterocycles. The highest BCUT2D eigenvalue weighted by molar-refractivity contribution is 5.20. The highest BCUT2D eigenvalue weighted by Gasteiger charge is 2.23. The lowest BCUT2D eigenvalue weighted by Crippen LogP contribution is -2.31. The van der Waals surface area contributed by atoms with Crippen molar-refractivity contribution in [2.45, 2.75) is 38.7 Å². The molecule has 2 rings (SSSR count). The summed E-state index contributed by atoms with van der Waals surface area (Å²) in [5, 5.41) is 14.9. The van der Waals surface area contributed by atoms with Gasteiger partial charge in [0, 0.05) is 25.6 Å². The molecule has 1 aromatic carbocycles. The van der Waals surface area contributed by atoms with E-state index >= 15 is 0 Å². The zero-order chi connectivity index (χ0) is 14.8. The van der Waals surface area contributed by atoms with E-state index in [4.69, 9.17) is 0 Å². The third-order valence-electron chi connectivity index (χ3n) is 3.43. The van der Waals surface area contributed by atoms with Crippen molar-refractivity contribution in [2.75, 3.05) is 0 Å². The molecule has 1 heterocycles. The Bertz CT molecular complexity index is 590. The summed E-state index contributed by atoms with van der Waals surface area (Å²) < 4.78 is 15.0. The van der Waals surface area contributed by atoms with Crippen molar-refractivity contribution in [3.63, 3.8) is 0 Å². The lowest BCUT2D eigenvalue weighted by atomic mass is 9.91. The molecule has 0 bridgehead atoms. The van der Waals surface area contributed by atoms with Crippen molar-refractivity contribution in [3.05, 3.63) is 53.1 Å². The molecule has 0 radical (unpaired) electrons. The molecule has 1 aromatic heterocycles. The van der Waals surface area contributed by atoms with Crippen LogP contribution in [0.5, 0.6) is 0 Å². The Labute approximate surface area is 119 Å². The SMILES string of the molecule is CCc1cc(CC(C)(O)Cc2cccc(F)c2)n(C)n1. The van der Waals surface area contributed by atoms with Crippen LogP contribution in [-0.4, -0.2) is 20.5 Å². The normalized spacial score (nSPS) is 14.2. The average molecular weight is 276 g/mol. The van der Waals surface area contributed by atoms with Crippen LogP contribution < -0.4 is 0 Å². The highest BCUT2D eigenvalue weighted by Crippen LogP contribution is 2.20. The maximum Gasteiger partial charge on any atom is 0.123 e. The van der Waals surface area contributed by atoms with Crippen molar-refractivity contribution < 1.29 is 9.50 Å². The quantitative estimate of drug-likeness (QED) is 0.911. The Hall–Kier alpha value is -1.68. The molecule has 1 unspecified atom stereocenters. The van der Waals surface area contributed by atoms with Gasteiger partial charge in [0.2, 0.25) is 0 Å². The molecular formula is C16H21FN2O. The number of aryl methyl sites for hydroxylation is 2. The van der Waals surface area contributed by atoms with E-state index in [1.165, 1.54) is 12.1 Å². The van der Waals surface area contributed by atoms with Gasteiger partial charge in [-0.05, 0) is 37.1 Å². The molecule has 0 aliphatic carbocycles. The van der Waals surface area contributed by atoms with Crippen LogP contribution in [0.2, 0.25) is 0 Å². The number of hydrogen-bond acceptors (Lipinski definition) is 2. The lowest BCUT2D eigenvalue weighted by molar-refractivity contribution is 0.0588. The van der Waals surface area contributed by atoms with Crippen LogP contribution in [0, 0.1) is 5.82 Å². The molecule has 0 fully saturated rings. The van der Waals surface area contributed by atoms with Crippen molar-refractivity contribution in [1.82, 2.24) is 9.78 Å². The molecular weight excluding hydrogens is 255 g/mol. The van der Waals surface area contributed by atoms with E-state index in [-0.39, 0.29) is 5.82 Å². The van der Waals surface area contributed by atoms with Gasteiger partial charge >= 0.3 is 0 Å². The first-order valence-corrected chi connectivity index (χ1v) is 6.88. The standard InChI is InChI=1S/C16H21FN2O/c1-4-14-9-15(19(3)18-14)11-16(2,20)10-12-6-5-7-13(17)8-12/h5-9,20H,4,10-11H2,1-3H3. The second-order valence-corrected chi connectivity index (χ2v) is 5.58. The third-order valence-corrected chi connectivity index (χ3v) is 3.43. The second kappa shape index (κ2) is 5.75. The molecule has 20 heavy (non-hydrogen) atoms. The summed E-state index contributed by atoms with van der Waals surface area (Å²) in [7, 11) is 1.88. The summed E-state index contributed by atoms with van der Waals surface area (Å²) in [5.41, 5.74) is 1.88. The van der Waals surface area contributed by atoms with E-state index in [2.05, 4.69) is 12.0 Å². The first kappa shape index (κ1) is 14.7. The van der Waals surface area contributed by atoms with Crippen LogP contribution in [0.25, 0.3) is 0 Å². The molecule has 0 saturated heterocycles. The van der Waals surface area contributed by atoms with Gasteiger partial charge in [-0.3, -0.25) is 4.68 Å². The van der Waals surface area contributed by atoms with Crippen LogP contribution in [0.1, 0.15) is 30.8 Å². The number of halogens is 1. The van der Waals surface area contributed by atoms with Crippen LogP contribution in [0.15, 0.2) is 30.3 Å². The lowest BCUT2D eigenvalue weighted by Gasteiger charge is -2.23. The maximum absolute atomic E-state index is 13.2. The predicted molar refractivity (Wildman–Crippen MR) is 77.0 cm³/mol. The van der Waals surface area contributed by atoms with Gasteiger partial charge in [0.1, 0.15) is 5.82 Å². The number of hydrogen-bond donors (Lipinski definition) is 1. The minimum absolute atomic E-state index is 0.271. The fraction of sp³-hybridized carbons (Fsp3) is 0.438. The van der Waals surface area contributed by atoms with Gasteiger partial charge in [-0.15, -0.1) is 0 Å². The molecule has 108 valence electrons. The fourth-order valence-corrected chi connectivity index (χ4v) is 2.45. The summed E-state index contributed by atoms with van der Waals surface area (Å²) >= 11 is 0. The second-order valence-electron chi connectivity index (χ2n) is 5.58. The third kappa shape index (κ3) is 3.67. The molecule has 1 N–H and O–H groups in total. The van der Waals surface area contributed by atoms with E-state index in [1.807, 2.05) is 19.2 Å². The summed E-state index contributed by atoms with van der Waals surface area (Å²) in [5.74, 6) is -0.271. The predicted octanol–water partition coefficient (Wildman–Crippen LogP) is 2.66. The molecule has 3 nitrogen and oxygen atoms in total. The van der Waals surface area contributed by atoms with Crippen molar-refractivity contribution in [1.29, 1.82) is 0 Å². The van der Waals surface area contributed by atoms with Crippen molar-refractivity contribution in [3.8, 4) is 0 Å². The van der Waals surface area contributed by atoms with Gasteiger partial charge in [0.25, 0.3) is 0 Å². The molecule has 0 amide bonds. The van der Waals surface area contributed by atoms with E-state index in [1.54, 1.807) is 17.7 Å². The van der Waals surface area contributed by atoms with Crippen molar-refractivity contribution in [2.24, 2.45) is 7.05 Å².